The Balaban J connectivity index is 1.77. The highest BCUT2D eigenvalue weighted by Gasteiger charge is 2.23. The highest BCUT2D eigenvalue weighted by Crippen LogP contribution is 2.17. The van der Waals surface area contributed by atoms with Crippen molar-refractivity contribution in [3.63, 3.8) is 0 Å². The lowest BCUT2D eigenvalue weighted by atomic mass is 10.1. The quantitative estimate of drug-likeness (QED) is 0.462. The predicted octanol–water partition coefficient (Wildman–Crippen LogP) is 4.30. The van der Waals surface area contributed by atoms with Crippen LogP contribution in [0.4, 0.5) is 10.5 Å². The van der Waals surface area contributed by atoms with Gasteiger partial charge in [-0.3, -0.25) is 4.79 Å². The van der Waals surface area contributed by atoms with Crippen LogP contribution in [0.25, 0.3) is 0 Å². The van der Waals surface area contributed by atoms with Crippen molar-refractivity contribution in [2.45, 2.75) is 26.4 Å². The van der Waals surface area contributed by atoms with E-state index in [0.717, 1.165) is 28.9 Å². The summed E-state index contributed by atoms with van der Waals surface area (Å²) in [5.41, 5.74) is 3.86. The summed E-state index contributed by atoms with van der Waals surface area (Å²) in [4.78, 5) is 30.0. The Labute approximate surface area is 201 Å². The number of hydrogen-bond donors (Lipinski definition) is 1. The minimum absolute atomic E-state index is 0.0409. The molecule has 3 amide bonds. The van der Waals surface area contributed by atoms with Crippen molar-refractivity contribution in [2.24, 2.45) is 7.05 Å². The lowest BCUT2D eigenvalue weighted by Gasteiger charge is -2.28. The molecule has 0 atom stereocenters. The number of hydrogen-bond acceptors (Lipinski definition) is 3. The van der Waals surface area contributed by atoms with Crippen LogP contribution in [0, 0.1) is 0 Å². The monoisotopic (exact) mass is 462 g/mol. The number of para-hydroxylation sites is 1. The topological polar surface area (TPSA) is 66.8 Å². The van der Waals surface area contributed by atoms with Gasteiger partial charge in [0.2, 0.25) is 5.91 Å². The molecule has 0 saturated heterocycles. The standard InChI is InChI=1S/C27H34N4O3/c1-4-23-13-8-9-15-25(23)28-27(33)30(17-18-34-3)21-26(32)31(19-22-11-6-5-7-12-22)20-24-14-10-16-29(24)2/h5-16H,4,17-21H2,1-3H3,(H,28,33). The highest BCUT2D eigenvalue weighted by atomic mass is 16.5. The van der Waals surface area contributed by atoms with Gasteiger partial charge in [0.05, 0.1) is 13.2 Å². The summed E-state index contributed by atoms with van der Waals surface area (Å²) >= 11 is 0. The lowest BCUT2D eigenvalue weighted by molar-refractivity contribution is -0.133. The molecule has 7 heteroatoms. The molecule has 0 aliphatic rings. The average Bonchev–Trinajstić information content (AvgIpc) is 3.26. The molecule has 1 heterocycles. The number of nitrogens with zero attached hydrogens (tertiary/aromatic N) is 3. The van der Waals surface area contributed by atoms with E-state index in [1.807, 2.05) is 91.5 Å². The van der Waals surface area contributed by atoms with Crippen molar-refractivity contribution < 1.29 is 14.3 Å². The van der Waals surface area contributed by atoms with Crippen molar-refractivity contribution >= 4 is 17.6 Å². The smallest absolute Gasteiger partial charge is 0.322 e. The number of benzene rings is 2. The number of aryl methyl sites for hydroxylation is 2. The van der Waals surface area contributed by atoms with Crippen molar-refractivity contribution in [2.75, 3.05) is 32.1 Å². The predicted molar refractivity (Wildman–Crippen MR) is 134 cm³/mol. The normalized spacial score (nSPS) is 10.7. The Morgan fingerprint density at radius 1 is 0.941 bits per heavy atom. The lowest BCUT2D eigenvalue weighted by Crippen LogP contribution is -2.45. The third-order valence-corrected chi connectivity index (χ3v) is 5.79. The zero-order chi connectivity index (χ0) is 24.3. The highest BCUT2D eigenvalue weighted by molar-refractivity contribution is 5.93. The van der Waals surface area contributed by atoms with Gasteiger partial charge < -0.3 is 24.4 Å². The third-order valence-electron chi connectivity index (χ3n) is 5.79. The SMILES string of the molecule is CCc1ccccc1NC(=O)N(CCOC)CC(=O)N(Cc1ccccc1)Cc1cccn1C. The van der Waals surface area contributed by atoms with E-state index in [4.69, 9.17) is 4.74 Å². The molecule has 3 rings (SSSR count). The maximum absolute atomic E-state index is 13.5. The average molecular weight is 463 g/mol. The fourth-order valence-electron chi connectivity index (χ4n) is 3.75. The number of methoxy groups -OCH3 is 1. The number of carbonyl (C=O) groups excluding carboxylic acids is 2. The summed E-state index contributed by atoms with van der Waals surface area (Å²) in [7, 11) is 3.55. The van der Waals surface area contributed by atoms with Gasteiger partial charge in [0.15, 0.2) is 0 Å². The van der Waals surface area contributed by atoms with E-state index in [2.05, 4.69) is 5.32 Å². The molecular weight excluding hydrogens is 428 g/mol. The minimum atomic E-state index is -0.315. The number of amides is 3. The van der Waals surface area contributed by atoms with Crippen LogP contribution in [-0.4, -0.2) is 53.1 Å². The molecule has 2 aromatic carbocycles. The second kappa shape index (κ2) is 12.6. The number of carbonyl (C=O) groups is 2. The number of ether oxygens (including phenoxy) is 1. The number of aromatic nitrogens is 1. The molecule has 180 valence electrons. The van der Waals surface area contributed by atoms with Gasteiger partial charge in [0, 0.05) is 44.8 Å². The van der Waals surface area contributed by atoms with E-state index < -0.39 is 0 Å². The van der Waals surface area contributed by atoms with Gasteiger partial charge in [-0.2, -0.15) is 0 Å². The molecule has 0 radical (unpaired) electrons. The number of nitrogens with one attached hydrogen (secondary N) is 1. The van der Waals surface area contributed by atoms with E-state index in [9.17, 15) is 9.59 Å². The van der Waals surface area contributed by atoms with Crippen LogP contribution in [0.1, 0.15) is 23.7 Å². The molecule has 0 aliphatic carbocycles. The van der Waals surface area contributed by atoms with Gasteiger partial charge in [-0.05, 0) is 35.7 Å². The van der Waals surface area contributed by atoms with Gasteiger partial charge in [-0.1, -0.05) is 55.5 Å². The molecule has 34 heavy (non-hydrogen) atoms. The summed E-state index contributed by atoms with van der Waals surface area (Å²) in [6, 6.07) is 21.2. The van der Waals surface area contributed by atoms with Gasteiger partial charge in [0.25, 0.3) is 0 Å². The summed E-state index contributed by atoms with van der Waals surface area (Å²) in [6.07, 6.45) is 2.76. The molecule has 0 bridgehead atoms. The fraction of sp³-hybridized carbons (Fsp3) is 0.333. The zero-order valence-electron chi connectivity index (χ0n) is 20.2. The number of rotatable bonds is 11. The molecule has 0 saturated carbocycles. The molecular formula is C27H34N4O3. The van der Waals surface area contributed by atoms with E-state index in [1.165, 1.54) is 4.90 Å². The number of anilines is 1. The van der Waals surface area contributed by atoms with Crippen molar-refractivity contribution in [3.05, 3.63) is 89.7 Å². The molecule has 1 aromatic heterocycles. The van der Waals surface area contributed by atoms with Gasteiger partial charge in [-0.15, -0.1) is 0 Å². The van der Waals surface area contributed by atoms with Crippen LogP contribution in [0.3, 0.4) is 0 Å². The number of urea groups is 1. The van der Waals surface area contributed by atoms with Crippen molar-refractivity contribution in [3.8, 4) is 0 Å². The molecule has 0 fully saturated rings. The van der Waals surface area contributed by atoms with Crippen molar-refractivity contribution in [1.29, 1.82) is 0 Å². The van der Waals surface area contributed by atoms with E-state index in [0.29, 0.717) is 26.2 Å². The summed E-state index contributed by atoms with van der Waals surface area (Å²) in [5, 5.41) is 2.98. The molecule has 3 aromatic rings. The Bertz CT molecular complexity index is 1060. The summed E-state index contributed by atoms with van der Waals surface area (Å²) < 4.78 is 7.21. The van der Waals surface area contributed by atoms with Crippen LogP contribution in [-0.2, 0) is 36.1 Å². The zero-order valence-corrected chi connectivity index (χ0v) is 20.2. The van der Waals surface area contributed by atoms with Crippen LogP contribution in [0.2, 0.25) is 0 Å². The third kappa shape index (κ3) is 6.96. The second-order valence-corrected chi connectivity index (χ2v) is 8.20. The Morgan fingerprint density at radius 2 is 1.68 bits per heavy atom. The maximum atomic E-state index is 13.5. The van der Waals surface area contributed by atoms with Crippen LogP contribution in [0.15, 0.2) is 72.9 Å². The van der Waals surface area contributed by atoms with E-state index in [-0.39, 0.29) is 18.5 Å². The van der Waals surface area contributed by atoms with E-state index >= 15 is 0 Å². The Hall–Kier alpha value is -3.58. The van der Waals surface area contributed by atoms with Gasteiger partial charge in [0.1, 0.15) is 6.54 Å². The first-order valence-electron chi connectivity index (χ1n) is 11.6. The minimum Gasteiger partial charge on any atom is -0.383 e. The van der Waals surface area contributed by atoms with Crippen LogP contribution in [0.5, 0.6) is 0 Å². The Morgan fingerprint density at radius 3 is 2.35 bits per heavy atom. The van der Waals surface area contributed by atoms with Crippen molar-refractivity contribution in [1.82, 2.24) is 14.4 Å². The van der Waals surface area contributed by atoms with Gasteiger partial charge >= 0.3 is 6.03 Å². The summed E-state index contributed by atoms with van der Waals surface area (Å²) in [5.74, 6) is -0.125. The first-order valence-corrected chi connectivity index (χ1v) is 11.6. The Kier molecular flexibility index (Phi) is 9.29. The maximum Gasteiger partial charge on any atom is 0.322 e. The summed E-state index contributed by atoms with van der Waals surface area (Å²) in [6.45, 7) is 3.57. The van der Waals surface area contributed by atoms with Crippen LogP contribution >= 0.6 is 0 Å². The molecule has 0 unspecified atom stereocenters. The van der Waals surface area contributed by atoms with Gasteiger partial charge in [-0.25, -0.2) is 4.79 Å². The fourth-order valence-corrected chi connectivity index (χ4v) is 3.75. The largest absolute Gasteiger partial charge is 0.383 e. The van der Waals surface area contributed by atoms with Crippen LogP contribution < -0.4 is 5.32 Å². The first-order chi connectivity index (χ1) is 16.5. The molecule has 0 spiro atoms. The van der Waals surface area contributed by atoms with E-state index in [1.54, 1.807) is 12.0 Å². The molecule has 7 nitrogen and oxygen atoms in total. The molecule has 0 aliphatic heterocycles. The molecule has 1 N–H and O–H groups in total. The first kappa shape index (κ1) is 25.1. The second-order valence-electron chi connectivity index (χ2n) is 8.20.